The van der Waals surface area contributed by atoms with Crippen LogP contribution >= 0.6 is 0 Å². The third kappa shape index (κ3) is 5.30. The fourth-order valence-corrected chi connectivity index (χ4v) is 2.83. The van der Waals surface area contributed by atoms with E-state index < -0.39 is 18.0 Å². The second kappa shape index (κ2) is 7.38. The molecule has 0 aliphatic carbocycles. The lowest BCUT2D eigenvalue weighted by atomic mass is 9.78. The number of hydrogen-bond donors (Lipinski definition) is 1. The number of amides is 1. The molecular formula is C17H26BF3N3O2-. The van der Waals surface area contributed by atoms with Crippen LogP contribution in [0.25, 0.3) is 0 Å². The van der Waals surface area contributed by atoms with Crippen molar-refractivity contribution in [2.45, 2.75) is 39.8 Å². The third-order valence-corrected chi connectivity index (χ3v) is 4.37. The van der Waals surface area contributed by atoms with Crippen molar-refractivity contribution in [3.05, 3.63) is 23.3 Å². The predicted molar refractivity (Wildman–Crippen MR) is 97.4 cm³/mol. The van der Waals surface area contributed by atoms with Gasteiger partial charge in [-0.2, -0.15) is 0 Å². The molecule has 1 fully saturated rings. The van der Waals surface area contributed by atoms with Crippen LogP contribution < -0.4 is 11.2 Å². The van der Waals surface area contributed by atoms with E-state index in [4.69, 9.17) is 10.5 Å². The van der Waals surface area contributed by atoms with E-state index in [0.717, 1.165) is 6.07 Å². The summed E-state index contributed by atoms with van der Waals surface area (Å²) in [6.07, 6.45) is -0.362. The molecule has 0 spiro atoms. The number of hydrogen-bond acceptors (Lipinski definition) is 4. The Labute approximate surface area is 152 Å². The maximum Gasteiger partial charge on any atom is 0.509 e. The Bertz CT molecular complexity index is 666. The maximum atomic E-state index is 13.1. The van der Waals surface area contributed by atoms with Crippen LogP contribution in [0.2, 0.25) is 0 Å². The number of nitrogens with two attached hydrogens (primary N) is 1. The summed E-state index contributed by atoms with van der Waals surface area (Å²) in [6, 6.07) is 2.19. The van der Waals surface area contributed by atoms with E-state index in [9.17, 15) is 17.7 Å². The fraction of sp³-hybridized carbons (Fsp3) is 0.588. The molecule has 1 aromatic carbocycles. The van der Waals surface area contributed by atoms with Crippen LogP contribution in [-0.4, -0.2) is 54.7 Å². The second-order valence-corrected chi connectivity index (χ2v) is 7.71. The summed E-state index contributed by atoms with van der Waals surface area (Å²) in [5.74, 6) is 0. The highest BCUT2D eigenvalue weighted by Gasteiger charge is 2.28. The molecule has 26 heavy (non-hydrogen) atoms. The van der Waals surface area contributed by atoms with E-state index >= 15 is 0 Å². The fourth-order valence-electron chi connectivity index (χ4n) is 2.83. The van der Waals surface area contributed by atoms with Crippen molar-refractivity contribution in [2.24, 2.45) is 0 Å². The van der Waals surface area contributed by atoms with Gasteiger partial charge in [0.2, 0.25) is 0 Å². The van der Waals surface area contributed by atoms with Crippen molar-refractivity contribution in [3.8, 4) is 0 Å². The van der Waals surface area contributed by atoms with E-state index in [1.165, 1.54) is 6.07 Å². The van der Waals surface area contributed by atoms with Crippen molar-refractivity contribution >= 4 is 24.2 Å². The van der Waals surface area contributed by atoms with Crippen LogP contribution in [0.4, 0.5) is 23.4 Å². The van der Waals surface area contributed by atoms with Gasteiger partial charge in [-0.3, -0.25) is 4.90 Å². The summed E-state index contributed by atoms with van der Waals surface area (Å²) >= 11 is 0. The van der Waals surface area contributed by atoms with Gasteiger partial charge in [0.05, 0.1) is 0 Å². The molecule has 1 amide bonds. The van der Waals surface area contributed by atoms with Gasteiger partial charge in [0.1, 0.15) is 5.60 Å². The number of piperazine rings is 1. The summed E-state index contributed by atoms with van der Waals surface area (Å²) in [5.41, 5.74) is 5.94. The summed E-state index contributed by atoms with van der Waals surface area (Å²) in [4.78, 5) is 15.7. The highest BCUT2D eigenvalue weighted by molar-refractivity contribution is 6.73. The van der Waals surface area contributed by atoms with E-state index in [2.05, 4.69) is 0 Å². The smallest absolute Gasteiger partial charge is 0.445 e. The summed E-state index contributed by atoms with van der Waals surface area (Å²) in [5, 5.41) is 0. The van der Waals surface area contributed by atoms with Gasteiger partial charge in [0, 0.05) is 38.4 Å². The van der Waals surface area contributed by atoms with Crippen LogP contribution in [0.5, 0.6) is 0 Å². The Hall–Kier alpha value is -1.90. The highest BCUT2D eigenvalue weighted by Crippen LogP contribution is 2.21. The van der Waals surface area contributed by atoms with Crippen LogP contribution in [0.1, 0.15) is 31.9 Å². The number of rotatable bonds is 3. The van der Waals surface area contributed by atoms with Gasteiger partial charge in [0.25, 0.3) is 0 Å². The van der Waals surface area contributed by atoms with Crippen molar-refractivity contribution in [2.75, 3.05) is 31.9 Å². The average molecular weight is 372 g/mol. The monoisotopic (exact) mass is 372 g/mol. The van der Waals surface area contributed by atoms with E-state index in [-0.39, 0.29) is 11.8 Å². The zero-order valence-electron chi connectivity index (χ0n) is 15.7. The highest BCUT2D eigenvalue weighted by atomic mass is 19.4. The van der Waals surface area contributed by atoms with Gasteiger partial charge in [-0.1, -0.05) is 12.1 Å². The number of benzene rings is 1. The molecule has 0 atom stereocenters. The first-order valence-corrected chi connectivity index (χ1v) is 8.66. The summed E-state index contributed by atoms with van der Waals surface area (Å²) < 4.78 is 44.6. The minimum atomic E-state index is -5.09. The SMILES string of the molecule is Cc1c(N)cc([B-](F)(F)F)cc1CN1CCN(C(=O)OC(C)(C)C)CC1. The van der Waals surface area contributed by atoms with E-state index in [1.807, 2.05) is 25.7 Å². The molecule has 2 N–H and O–H groups in total. The first-order chi connectivity index (χ1) is 11.9. The van der Waals surface area contributed by atoms with Crippen LogP contribution in [-0.2, 0) is 11.3 Å². The lowest BCUT2D eigenvalue weighted by Crippen LogP contribution is -2.49. The lowest BCUT2D eigenvalue weighted by molar-refractivity contribution is 0.0139. The molecule has 0 radical (unpaired) electrons. The molecule has 146 valence electrons. The zero-order chi connectivity index (χ0) is 19.7. The minimum Gasteiger partial charge on any atom is -0.445 e. The number of carbonyl (C=O) groups is 1. The lowest BCUT2D eigenvalue weighted by Gasteiger charge is -2.36. The molecule has 1 aliphatic heterocycles. The van der Waals surface area contributed by atoms with Crippen molar-refractivity contribution in [3.63, 3.8) is 0 Å². The molecule has 1 heterocycles. The number of anilines is 1. The number of halogens is 3. The molecule has 5 nitrogen and oxygen atoms in total. The van der Waals surface area contributed by atoms with Gasteiger partial charge in [-0.15, -0.1) is 5.46 Å². The molecule has 1 aromatic rings. The molecule has 0 bridgehead atoms. The minimum absolute atomic E-state index is 0.157. The molecule has 0 saturated carbocycles. The largest absolute Gasteiger partial charge is 0.509 e. The Kier molecular flexibility index (Phi) is 5.80. The average Bonchev–Trinajstić information content (AvgIpc) is 2.49. The van der Waals surface area contributed by atoms with Crippen LogP contribution in [0.3, 0.4) is 0 Å². The number of nitrogen functional groups attached to an aromatic ring is 1. The molecule has 2 rings (SSSR count). The maximum absolute atomic E-state index is 13.1. The predicted octanol–water partition coefficient (Wildman–Crippen LogP) is 2.68. The molecule has 9 heteroatoms. The molecule has 1 aliphatic rings. The van der Waals surface area contributed by atoms with Gasteiger partial charge in [0.15, 0.2) is 0 Å². The van der Waals surface area contributed by atoms with Gasteiger partial charge >= 0.3 is 13.1 Å². The zero-order valence-corrected chi connectivity index (χ0v) is 15.7. The third-order valence-electron chi connectivity index (χ3n) is 4.37. The van der Waals surface area contributed by atoms with Gasteiger partial charge < -0.3 is 28.3 Å². The second-order valence-electron chi connectivity index (χ2n) is 7.71. The normalized spacial score (nSPS) is 16.7. The Morgan fingerprint density at radius 1 is 1.19 bits per heavy atom. The van der Waals surface area contributed by atoms with Crippen LogP contribution in [0.15, 0.2) is 12.1 Å². The first kappa shape index (κ1) is 20.4. The summed E-state index contributed by atoms with van der Waals surface area (Å²) in [7, 11) is 0. The molecule has 0 unspecified atom stereocenters. The first-order valence-electron chi connectivity index (χ1n) is 8.66. The standard InChI is InChI=1S/C17H26BF3N3O2/c1-12-13(9-14(10-15(12)22)18(19,20)21)11-23-5-7-24(8-6-23)16(25)26-17(2,3)4/h9-10H,5-8,11,22H2,1-4H3/q-1. The van der Waals surface area contributed by atoms with Crippen molar-refractivity contribution in [1.82, 2.24) is 9.80 Å². The molecular weight excluding hydrogens is 346 g/mol. The van der Waals surface area contributed by atoms with Gasteiger partial charge in [-0.25, -0.2) is 4.79 Å². The molecule has 0 aromatic heterocycles. The number of carbonyl (C=O) groups excluding carboxylic acids is 1. The quantitative estimate of drug-likeness (QED) is 0.655. The Morgan fingerprint density at radius 3 is 2.27 bits per heavy atom. The Morgan fingerprint density at radius 2 is 1.77 bits per heavy atom. The van der Waals surface area contributed by atoms with E-state index in [0.29, 0.717) is 43.9 Å². The summed E-state index contributed by atoms with van der Waals surface area (Å²) in [6.45, 7) is 4.54. The van der Waals surface area contributed by atoms with Crippen LogP contribution in [0, 0.1) is 6.92 Å². The number of nitrogens with zero attached hydrogens (tertiary/aromatic N) is 2. The van der Waals surface area contributed by atoms with Crippen molar-refractivity contribution in [1.29, 1.82) is 0 Å². The topological polar surface area (TPSA) is 58.8 Å². The van der Waals surface area contributed by atoms with Gasteiger partial charge in [-0.05, 0) is 38.8 Å². The van der Waals surface area contributed by atoms with Crippen molar-refractivity contribution < 1.29 is 22.5 Å². The molecule has 1 saturated heterocycles. The van der Waals surface area contributed by atoms with E-state index in [1.54, 1.807) is 11.8 Å². The Balaban J connectivity index is 2.02. The number of ether oxygens (including phenoxy) is 1.